The standard InChI is InChI=1S/C42H28FN3/c43-29-20-25-40-38(26-29)37-24-22-34(28-42(37)46(40)32-16-8-3-9-17-32)44(30-12-4-1-5-13-30)33-21-23-36-35-18-10-11-19-39(35)45(41(36)27-33)31-14-6-2-7-15-31/h1-28H. The first-order valence-corrected chi connectivity index (χ1v) is 15.5. The quantitative estimate of drug-likeness (QED) is 0.193. The molecule has 9 aromatic rings. The second kappa shape index (κ2) is 10.5. The highest BCUT2D eigenvalue weighted by atomic mass is 19.1. The monoisotopic (exact) mass is 593 g/mol. The van der Waals surface area contributed by atoms with Crippen molar-refractivity contribution < 1.29 is 4.39 Å². The van der Waals surface area contributed by atoms with Crippen LogP contribution in [-0.4, -0.2) is 9.13 Å². The number of halogens is 1. The molecule has 0 N–H and O–H groups in total. The molecule has 7 aromatic carbocycles. The molecule has 46 heavy (non-hydrogen) atoms. The number of rotatable bonds is 5. The van der Waals surface area contributed by atoms with Crippen LogP contribution >= 0.6 is 0 Å². The zero-order valence-corrected chi connectivity index (χ0v) is 24.9. The molecule has 0 atom stereocenters. The van der Waals surface area contributed by atoms with Crippen molar-refractivity contribution in [1.29, 1.82) is 0 Å². The molecule has 0 saturated heterocycles. The lowest BCUT2D eigenvalue weighted by molar-refractivity contribution is 0.629. The van der Waals surface area contributed by atoms with Crippen LogP contribution < -0.4 is 4.90 Å². The van der Waals surface area contributed by atoms with Crippen molar-refractivity contribution in [2.75, 3.05) is 4.90 Å². The van der Waals surface area contributed by atoms with Gasteiger partial charge in [0, 0.05) is 50.0 Å². The predicted molar refractivity (Wildman–Crippen MR) is 190 cm³/mol. The Morgan fingerprint density at radius 3 is 1.43 bits per heavy atom. The fourth-order valence-corrected chi connectivity index (χ4v) is 6.95. The molecule has 0 aliphatic heterocycles. The maximum Gasteiger partial charge on any atom is 0.123 e. The molecular formula is C42H28FN3. The van der Waals surface area contributed by atoms with Crippen LogP contribution in [0.15, 0.2) is 170 Å². The molecule has 0 aliphatic rings. The Bertz CT molecular complexity index is 2530. The van der Waals surface area contributed by atoms with Crippen molar-refractivity contribution in [2.45, 2.75) is 0 Å². The number of anilines is 3. The molecule has 0 bridgehead atoms. The molecule has 0 spiro atoms. The summed E-state index contributed by atoms with van der Waals surface area (Å²) >= 11 is 0. The second-order valence-corrected chi connectivity index (χ2v) is 11.6. The highest BCUT2D eigenvalue weighted by Crippen LogP contribution is 2.42. The lowest BCUT2D eigenvalue weighted by Crippen LogP contribution is -2.10. The van der Waals surface area contributed by atoms with E-state index in [4.69, 9.17) is 0 Å². The Hall–Kier alpha value is -6.13. The van der Waals surface area contributed by atoms with Crippen LogP contribution in [0, 0.1) is 5.82 Å². The summed E-state index contributed by atoms with van der Waals surface area (Å²) in [4.78, 5) is 2.31. The fraction of sp³-hybridized carbons (Fsp3) is 0. The summed E-state index contributed by atoms with van der Waals surface area (Å²) in [5.41, 5.74) is 9.58. The SMILES string of the molecule is Fc1ccc2c(c1)c1ccc(N(c3ccccc3)c3ccc4c5ccccc5n(-c5ccccc5)c4c3)cc1n2-c1ccccc1. The topological polar surface area (TPSA) is 13.1 Å². The minimum atomic E-state index is -0.239. The summed E-state index contributed by atoms with van der Waals surface area (Å²) in [5.74, 6) is -0.239. The fourth-order valence-electron chi connectivity index (χ4n) is 6.95. The van der Waals surface area contributed by atoms with Crippen LogP contribution in [0.2, 0.25) is 0 Å². The van der Waals surface area contributed by atoms with E-state index < -0.39 is 0 Å². The van der Waals surface area contributed by atoms with Gasteiger partial charge in [0.05, 0.1) is 22.1 Å². The number of benzene rings is 7. The molecule has 0 unspecified atom stereocenters. The van der Waals surface area contributed by atoms with E-state index in [1.54, 1.807) is 12.1 Å². The maximum atomic E-state index is 14.6. The van der Waals surface area contributed by atoms with E-state index in [-0.39, 0.29) is 5.82 Å². The van der Waals surface area contributed by atoms with Gasteiger partial charge in [0.15, 0.2) is 0 Å². The number of hydrogen-bond acceptors (Lipinski definition) is 1. The zero-order valence-electron chi connectivity index (χ0n) is 24.9. The molecule has 2 aromatic heterocycles. The van der Waals surface area contributed by atoms with Gasteiger partial charge in [-0.1, -0.05) is 84.9 Å². The van der Waals surface area contributed by atoms with E-state index in [9.17, 15) is 4.39 Å². The third-order valence-corrected chi connectivity index (χ3v) is 8.93. The molecule has 3 nitrogen and oxygen atoms in total. The van der Waals surface area contributed by atoms with Gasteiger partial charge in [-0.25, -0.2) is 4.39 Å². The molecular weight excluding hydrogens is 565 g/mol. The molecule has 0 aliphatic carbocycles. The number of aromatic nitrogens is 2. The maximum absolute atomic E-state index is 14.6. The molecule has 0 saturated carbocycles. The smallest absolute Gasteiger partial charge is 0.123 e. The first-order chi connectivity index (χ1) is 22.7. The van der Waals surface area contributed by atoms with Crippen molar-refractivity contribution in [3.63, 3.8) is 0 Å². The van der Waals surface area contributed by atoms with Crippen LogP contribution in [0.4, 0.5) is 21.5 Å². The van der Waals surface area contributed by atoms with Crippen LogP contribution in [0.5, 0.6) is 0 Å². The largest absolute Gasteiger partial charge is 0.310 e. The van der Waals surface area contributed by atoms with Crippen molar-refractivity contribution in [2.24, 2.45) is 0 Å². The Morgan fingerprint density at radius 2 is 0.826 bits per heavy atom. The van der Waals surface area contributed by atoms with Gasteiger partial charge in [-0.05, 0) is 84.9 Å². The molecule has 2 heterocycles. The number of nitrogens with zero attached hydrogens (tertiary/aromatic N) is 3. The summed E-state index contributed by atoms with van der Waals surface area (Å²) in [5, 5.41) is 4.33. The molecule has 218 valence electrons. The molecule has 0 radical (unpaired) electrons. The Labute approximate surface area is 265 Å². The van der Waals surface area contributed by atoms with Gasteiger partial charge in [-0.3, -0.25) is 0 Å². The van der Waals surface area contributed by atoms with E-state index >= 15 is 0 Å². The van der Waals surface area contributed by atoms with E-state index in [0.29, 0.717) is 0 Å². The van der Waals surface area contributed by atoms with Gasteiger partial charge in [-0.2, -0.15) is 0 Å². The third kappa shape index (κ3) is 4.11. The van der Waals surface area contributed by atoms with Crippen molar-refractivity contribution in [1.82, 2.24) is 9.13 Å². The third-order valence-electron chi connectivity index (χ3n) is 8.93. The van der Waals surface area contributed by atoms with Crippen molar-refractivity contribution >= 4 is 60.7 Å². The first-order valence-electron chi connectivity index (χ1n) is 15.5. The highest BCUT2D eigenvalue weighted by Gasteiger charge is 2.20. The van der Waals surface area contributed by atoms with E-state index in [1.165, 1.54) is 16.3 Å². The molecule has 9 rings (SSSR count). The lowest BCUT2D eigenvalue weighted by Gasteiger charge is -2.26. The molecule has 4 heteroatoms. The second-order valence-electron chi connectivity index (χ2n) is 11.6. The van der Waals surface area contributed by atoms with Gasteiger partial charge in [-0.15, -0.1) is 0 Å². The van der Waals surface area contributed by atoms with E-state index in [2.05, 4.69) is 141 Å². The molecule has 0 amide bonds. The van der Waals surface area contributed by atoms with Crippen LogP contribution in [-0.2, 0) is 0 Å². The average molecular weight is 594 g/mol. The summed E-state index contributed by atoms with van der Waals surface area (Å²) in [6.07, 6.45) is 0. The van der Waals surface area contributed by atoms with Gasteiger partial charge in [0.25, 0.3) is 0 Å². The summed E-state index contributed by atoms with van der Waals surface area (Å²) in [6.45, 7) is 0. The lowest BCUT2D eigenvalue weighted by atomic mass is 10.1. The Morgan fingerprint density at radius 1 is 0.348 bits per heavy atom. The van der Waals surface area contributed by atoms with Gasteiger partial charge >= 0.3 is 0 Å². The van der Waals surface area contributed by atoms with Crippen LogP contribution in [0.25, 0.3) is 55.0 Å². The van der Waals surface area contributed by atoms with Crippen molar-refractivity contribution in [3.8, 4) is 11.4 Å². The van der Waals surface area contributed by atoms with Crippen molar-refractivity contribution in [3.05, 3.63) is 176 Å². The average Bonchev–Trinajstić information content (AvgIpc) is 3.61. The number of para-hydroxylation sites is 4. The highest BCUT2D eigenvalue weighted by molar-refractivity contribution is 6.12. The normalized spacial score (nSPS) is 11.6. The summed E-state index contributed by atoms with van der Waals surface area (Å²) in [7, 11) is 0. The Kier molecular flexibility index (Phi) is 6.00. The van der Waals surface area contributed by atoms with Gasteiger partial charge < -0.3 is 14.0 Å². The number of hydrogen-bond donors (Lipinski definition) is 0. The summed E-state index contributed by atoms with van der Waals surface area (Å²) < 4.78 is 19.1. The zero-order chi connectivity index (χ0) is 30.6. The van der Waals surface area contributed by atoms with Gasteiger partial charge in [0.2, 0.25) is 0 Å². The first kappa shape index (κ1) is 26.3. The summed E-state index contributed by atoms with van der Waals surface area (Å²) in [6, 6.07) is 58.2. The van der Waals surface area contributed by atoms with Gasteiger partial charge in [0.1, 0.15) is 5.82 Å². The number of fused-ring (bicyclic) bond motifs is 6. The minimum Gasteiger partial charge on any atom is -0.310 e. The minimum absolute atomic E-state index is 0.239. The predicted octanol–water partition coefficient (Wildman–Crippen LogP) is 11.5. The van der Waals surface area contributed by atoms with Crippen LogP contribution in [0.1, 0.15) is 0 Å². The van der Waals surface area contributed by atoms with E-state index in [0.717, 1.165) is 55.8 Å². The Balaban J connectivity index is 1.32. The molecule has 0 fully saturated rings. The van der Waals surface area contributed by atoms with Crippen LogP contribution in [0.3, 0.4) is 0 Å². The van der Waals surface area contributed by atoms with E-state index in [1.807, 2.05) is 30.3 Å².